The van der Waals surface area contributed by atoms with E-state index in [0.717, 1.165) is 17.1 Å². The Hall–Kier alpha value is -2.03. The van der Waals surface area contributed by atoms with Gasteiger partial charge in [-0.3, -0.25) is 0 Å². The summed E-state index contributed by atoms with van der Waals surface area (Å²) in [7, 11) is 1.88. The number of hydrogen-bond donors (Lipinski definition) is 2. The smallest absolute Gasteiger partial charge is 0.123 e. The molecule has 0 unspecified atom stereocenters. The third-order valence-corrected chi connectivity index (χ3v) is 2.31. The van der Waals surface area contributed by atoms with Gasteiger partial charge < -0.3 is 10.6 Å². The second-order valence-corrected chi connectivity index (χ2v) is 3.46. The van der Waals surface area contributed by atoms with Crippen LogP contribution in [0, 0.1) is 5.82 Å². The van der Waals surface area contributed by atoms with Crippen LogP contribution in [0.1, 0.15) is 0 Å². The second kappa shape index (κ2) is 4.66. The van der Waals surface area contributed by atoms with E-state index in [1.54, 1.807) is 12.1 Å². The van der Waals surface area contributed by atoms with Gasteiger partial charge >= 0.3 is 0 Å². The highest BCUT2D eigenvalue weighted by Gasteiger charge is 1.95. The predicted octanol–water partition coefficient (Wildman–Crippen LogP) is 3.61. The van der Waals surface area contributed by atoms with Gasteiger partial charge in [0.2, 0.25) is 0 Å². The summed E-state index contributed by atoms with van der Waals surface area (Å²) in [6.07, 6.45) is 0. The molecule has 2 nitrogen and oxygen atoms in total. The molecule has 0 saturated carbocycles. The maximum absolute atomic E-state index is 12.7. The van der Waals surface area contributed by atoms with E-state index in [4.69, 9.17) is 0 Å². The number of rotatable bonds is 3. The van der Waals surface area contributed by atoms with E-state index in [1.165, 1.54) is 12.1 Å². The SMILES string of the molecule is CNc1ccc(Nc2ccc(F)cc2)cc1. The van der Waals surface area contributed by atoms with Gasteiger partial charge in [-0.05, 0) is 48.5 Å². The van der Waals surface area contributed by atoms with Crippen molar-refractivity contribution in [1.82, 2.24) is 0 Å². The van der Waals surface area contributed by atoms with Gasteiger partial charge in [0.05, 0.1) is 0 Å². The van der Waals surface area contributed by atoms with Crippen molar-refractivity contribution in [2.75, 3.05) is 17.7 Å². The first kappa shape index (κ1) is 10.5. The van der Waals surface area contributed by atoms with Crippen LogP contribution in [0.5, 0.6) is 0 Å². The lowest BCUT2D eigenvalue weighted by Crippen LogP contribution is -1.91. The van der Waals surface area contributed by atoms with Gasteiger partial charge in [0, 0.05) is 24.1 Å². The average molecular weight is 216 g/mol. The highest BCUT2D eigenvalue weighted by molar-refractivity contribution is 5.62. The quantitative estimate of drug-likeness (QED) is 0.819. The summed E-state index contributed by atoms with van der Waals surface area (Å²) in [5.41, 5.74) is 2.91. The summed E-state index contributed by atoms with van der Waals surface area (Å²) in [5, 5.41) is 6.24. The summed E-state index contributed by atoms with van der Waals surface area (Å²) in [6.45, 7) is 0. The molecule has 0 aliphatic rings. The number of hydrogen-bond acceptors (Lipinski definition) is 2. The standard InChI is InChI=1S/C13H13FN2/c1-15-11-6-8-13(9-7-11)16-12-4-2-10(14)3-5-12/h2-9,15-16H,1H3. The molecule has 0 saturated heterocycles. The van der Waals surface area contributed by atoms with Crippen LogP contribution in [0.15, 0.2) is 48.5 Å². The van der Waals surface area contributed by atoms with Crippen molar-refractivity contribution in [3.63, 3.8) is 0 Å². The van der Waals surface area contributed by atoms with Gasteiger partial charge in [-0.1, -0.05) is 0 Å². The lowest BCUT2D eigenvalue weighted by atomic mass is 10.2. The van der Waals surface area contributed by atoms with Crippen LogP contribution < -0.4 is 10.6 Å². The van der Waals surface area contributed by atoms with E-state index in [1.807, 2.05) is 31.3 Å². The van der Waals surface area contributed by atoms with Gasteiger partial charge in [-0.15, -0.1) is 0 Å². The van der Waals surface area contributed by atoms with Gasteiger partial charge in [-0.25, -0.2) is 4.39 Å². The zero-order valence-electron chi connectivity index (χ0n) is 9.00. The zero-order valence-corrected chi connectivity index (χ0v) is 9.00. The van der Waals surface area contributed by atoms with Crippen LogP contribution in [0.25, 0.3) is 0 Å². The lowest BCUT2D eigenvalue weighted by molar-refractivity contribution is 0.628. The molecule has 0 aliphatic heterocycles. The third-order valence-electron chi connectivity index (χ3n) is 2.31. The molecular formula is C13H13FN2. The molecule has 0 fully saturated rings. The highest BCUT2D eigenvalue weighted by atomic mass is 19.1. The van der Waals surface area contributed by atoms with E-state index < -0.39 is 0 Å². The Labute approximate surface area is 94.1 Å². The molecule has 0 heterocycles. The van der Waals surface area contributed by atoms with Gasteiger partial charge in [0.1, 0.15) is 5.82 Å². The number of anilines is 3. The monoisotopic (exact) mass is 216 g/mol. The van der Waals surface area contributed by atoms with Crippen molar-refractivity contribution in [2.24, 2.45) is 0 Å². The molecule has 0 bridgehead atoms. The van der Waals surface area contributed by atoms with Crippen molar-refractivity contribution in [3.8, 4) is 0 Å². The van der Waals surface area contributed by atoms with Crippen LogP contribution in [-0.2, 0) is 0 Å². The summed E-state index contributed by atoms with van der Waals surface area (Å²) in [5.74, 6) is -0.226. The van der Waals surface area contributed by atoms with E-state index in [-0.39, 0.29) is 5.82 Å². The first-order valence-corrected chi connectivity index (χ1v) is 5.08. The molecule has 2 aromatic carbocycles. The summed E-state index contributed by atoms with van der Waals surface area (Å²) in [4.78, 5) is 0. The van der Waals surface area contributed by atoms with Crippen LogP contribution in [0.3, 0.4) is 0 Å². The molecule has 2 aromatic rings. The Morgan fingerprint density at radius 3 is 1.69 bits per heavy atom. The van der Waals surface area contributed by atoms with E-state index in [9.17, 15) is 4.39 Å². The molecule has 2 rings (SSSR count). The van der Waals surface area contributed by atoms with Crippen LogP contribution in [-0.4, -0.2) is 7.05 Å². The van der Waals surface area contributed by atoms with Crippen molar-refractivity contribution >= 4 is 17.1 Å². The van der Waals surface area contributed by atoms with Crippen LogP contribution in [0.4, 0.5) is 21.5 Å². The fourth-order valence-electron chi connectivity index (χ4n) is 1.42. The normalized spacial score (nSPS) is 9.88. The Kier molecular flexibility index (Phi) is 3.05. The number of benzene rings is 2. The Balaban J connectivity index is 2.11. The fourth-order valence-corrected chi connectivity index (χ4v) is 1.42. The van der Waals surface area contributed by atoms with Gasteiger partial charge in [0.25, 0.3) is 0 Å². The van der Waals surface area contributed by atoms with E-state index in [2.05, 4.69) is 10.6 Å². The average Bonchev–Trinajstić information content (AvgIpc) is 2.33. The first-order valence-electron chi connectivity index (χ1n) is 5.08. The minimum atomic E-state index is -0.226. The molecule has 82 valence electrons. The lowest BCUT2D eigenvalue weighted by Gasteiger charge is -2.07. The molecule has 0 aromatic heterocycles. The zero-order chi connectivity index (χ0) is 11.4. The summed E-state index contributed by atoms with van der Waals surface area (Å²) < 4.78 is 12.7. The van der Waals surface area contributed by atoms with Crippen molar-refractivity contribution in [3.05, 3.63) is 54.3 Å². The molecular weight excluding hydrogens is 203 g/mol. The topological polar surface area (TPSA) is 24.1 Å². The molecule has 0 atom stereocenters. The first-order chi connectivity index (χ1) is 7.78. The van der Waals surface area contributed by atoms with Crippen LogP contribution >= 0.6 is 0 Å². The van der Waals surface area contributed by atoms with Crippen LogP contribution in [0.2, 0.25) is 0 Å². The van der Waals surface area contributed by atoms with Gasteiger partial charge in [-0.2, -0.15) is 0 Å². The maximum atomic E-state index is 12.7. The largest absolute Gasteiger partial charge is 0.388 e. The molecule has 2 N–H and O–H groups in total. The minimum absolute atomic E-state index is 0.226. The Morgan fingerprint density at radius 2 is 1.19 bits per heavy atom. The molecule has 16 heavy (non-hydrogen) atoms. The van der Waals surface area contributed by atoms with Crippen molar-refractivity contribution < 1.29 is 4.39 Å². The third kappa shape index (κ3) is 2.51. The van der Waals surface area contributed by atoms with Crippen molar-refractivity contribution in [2.45, 2.75) is 0 Å². The van der Waals surface area contributed by atoms with Gasteiger partial charge in [0.15, 0.2) is 0 Å². The minimum Gasteiger partial charge on any atom is -0.388 e. The molecule has 0 aliphatic carbocycles. The fraction of sp³-hybridized carbons (Fsp3) is 0.0769. The van der Waals surface area contributed by atoms with Crippen molar-refractivity contribution in [1.29, 1.82) is 0 Å². The number of halogens is 1. The number of nitrogens with one attached hydrogen (secondary N) is 2. The Bertz CT molecular complexity index is 448. The molecule has 0 amide bonds. The highest BCUT2D eigenvalue weighted by Crippen LogP contribution is 2.18. The summed E-state index contributed by atoms with van der Waals surface area (Å²) >= 11 is 0. The Morgan fingerprint density at radius 1 is 0.750 bits per heavy atom. The molecule has 0 spiro atoms. The second-order valence-electron chi connectivity index (χ2n) is 3.46. The predicted molar refractivity (Wildman–Crippen MR) is 65.7 cm³/mol. The summed E-state index contributed by atoms with van der Waals surface area (Å²) in [6, 6.07) is 14.2. The molecule has 3 heteroatoms. The van der Waals surface area contributed by atoms with E-state index in [0.29, 0.717) is 0 Å². The van der Waals surface area contributed by atoms with E-state index >= 15 is 0 Å². The molecule has 0 radical (unpaired) electrons. The maximum Gasteiger partial charge on any atom is 0.123 e.